The number of aliphatic carboxylic acids is 1. The first-order chi connectivity index (χ1) is 19.5. The van der Waals surface area contributed by atoms with Crippen LogP contribution in [0.25, 0.3) is 0 Å². The van der Waals surface area contributed by atoms with Gasteiger partial charge in [-0.05, 0) is 13.0 Å². The van der Waals surface area contributed by atoms with Crippen LogP contribution in [0.5, 0.6) is 0 Å². The average Bonchev–Trinajstić information content (AvgIpc) is 2.95. The van der Waals surface area contributed by atoms with Gasteiger partial charge in [0.15, 0.2) is 12.4 Å². The molecule has 8 atom stereocenters. The van der Waals surface area contributed by atoms with Crippen molar-refractivity contribution in [1.29, 1.82) is 0 Å². The highest BCUT2D eigenvalue weighted by Crippen LogP contribution is 2.38. The summed E-state index contributed by atoms with van der Waals surface area (Å²) in [4.78, 5) is 25.0. The third-order valence-corrected chi connectivity index (χ3v) is 7.00. The maximum Gasteiger partial charge on any atom is 0.341 e. The third-order valence-electron chi connectivity index (χ3n) is 7.00. The minimum absolute atomic E-state index is 0.00138. The van der Waals surface area contributed by atoms with Crippen LogP contribution in [0.15, 0.2) is 60.1 Å². The van der Waals surface area contributed by atoms with Gasteiger partial charge < -0.3 is 59.2 Å². The maximum absolute atomic E-state index is 12.6. The first-order valence-corrected chi connectivity index (χ1v) is 13.0. The van der Waals surface area contributed by atoms with E-state index < -0.39 is 67.1 Å². The number of esters is 1. The van der Waals surface area contributed by atoms with E-state index in [9.17, 15) is 40.2 Å². The number of hydrogen-bond acceptors (Lipinski definition) is 12. The first-order valence-electron chi connectivity index (χ1n) is 13.0. The van der Waals surface area contributed by atoms with Crippen molar-refractivity contribution in [3.8, 4) is 0 Å². The van der Waals surface area contributed by atoms with Crippen LogP contribution in [0.4, 0.5) is 0 Å². The number of rotatable bonds is 12. The zero-order valence-corrected chi connectivity index (χ0v) is 22.8. The Labute approximate surface area is 236 Å². The minimum Gasteiger partial charge on any atom is -0.477 e. The summed E-state index contributed by atoms with van der Waals surface area (Å²) >= 11 is 0. The van der Waals surface area contributed by atoms with E-state index in [0.717, 1.165) is 11.2 Å². The van der Waals surface area contributed by atoms with Crippen molar-refractivity contribution in [2.45, 2.75) is 43.6 Å². The Bertz CT molecular complexity index is 1080. The topological polar surface area (TPSA) is 206 Å². The molecule has 3 heterocycles. The predicted molar refractivity (Wildman–Crippen MR) is 138 cm³/mol. The maximum atomic E-state index is 12.6. The van der Waals surface area contributed by atoms with E-state index in [4.69, 9.17) is 23.7 Å². The predicted octanol–water partition coefficient (Wildman–Crippen LogP) is -2.66. The van der Waals surface area contributed by atoms with Crippen LogP contribution in [0.1, 0.15) is 6.92 Å². The van der Waals surface area contributed by atoms with Crippen LogP contribution in [0, 0.1) is 11.8 Å². The molecule has 14 heteroatoms. The van der Waals surface area contributed by atoms with Gasteiger partial charge in [0.05, 0.1) is 38.1 Å². The van der Waals surface area contributed by atoms with Gasteiger partial charge in [0, 0.05) is 18.1 Å². The molecule has 1 unspecified atom stereocenters. The molecule has 228 valence electrons. The summed E-state index contributed by atoms with van der Waals surface area (Å²) in [7, 11) is 1.20. The first kappa shape index (κ1) is 32.6. The number of allylic oxidation sites excluding steroid dienone is 1. The van der Waals surface area contributed by atoms with E-state index in [1.165, 1.54) is 25.5 Å². The summed E-state index contributed by atoms with van der Waals surface area (Å²) < 4.78 is 27.6. The number of carboxylic acids is 1. The third kappa shape index (κ3) is 7.30. The number of carbonyl (C=O) groups excluding carboxylic acids is 1. The van der Waals surface area contributed by atoms with Crippen molar-refractivity contribution in [3.63, 3.8) is 0 Å². The van der Waals surface area contributed by atoms with Crippen LogP contribution in [-0.4, -0.2) is 119 Å². The largest absolute Gasteiger partial charge is 0.477 e. The molecule has 0 saturated carbocycles. The second-order valence-corrected chi connectivity index (χ2v) is 9.67. The van der Waals surface area contributed by atoms with Gasteiger partial charge in [-0.2, -0.15) is 0 Å². The number of methoxy groups -OCH3 is 1. The molecule has 3 aliphatic heterocycles. The fourth-order valence-corrected chi connectivity index (χ4v) is 4.91. The molecular formula is C27H38NO13+. The van der Waals surface area contributed by atoms with Crippen LogP contribution in [0.2, 0.25) is 0 Å². The number of aliphatic hydroxyl groups excluding tert-OH is 3. The number of ether oxygens (including phenoxy) is 5. The van der Waals surface area contributed by atoms with E-state index in [2.05, 4.69) is 6.58 Å². The summed E-state index contributed by atoms with van der Waals surface area (Å²) in [6, 6.07) is 0. The number of aliphatic hydroxyl groups is 5. The average molecular weight is 585 g/mol. The van der Waals surface area contributed by atoms with Gasteiger partial charge in [-0.1, -0.05) is 18.2 Å². The lowest BCUT2D eigenvalue weighted by Gasteiger charge is -2.47. The smallest absolute Gasteiger partial charge is 0.341 e. The Balaban J connectivity index is 1.93. The Morgan fingerprint density at radius 3 is 2.59 bits per heavy atom. The Hall–Kier alpha value is -2.92. The Kier molecular flexibility index (Phi) is 11.4. The minimum atomic E-state index is -2.84. The lowest BCUT2D eigenvalue weighted by Crippen LogP contribution is -3.08. The zero-order valence-electron chi connectivity index (χ0n) is 22.8. The number of quaternary nitrogens is 1. The summed E-state index contributed by atoms with van der Waals surface area (Å²) in [6.07, 6.45) is 1.20. The highest BCUT2D eigenvalue weighted by atomic mass is 16.8. The summed E-state index contributed by atoms with van der Waals surface area (Å²) in [5.74, 6) is -6.22. The molecule has 0 radical (unpaired) electrons. The van der Waals surface area contributed by atoms with E-state index in [-0.39, 0.29) is 24.4 Å². The molecule has 41 heavy (non-hydrogen) atoms. The van der Waals surface area contributed by atoms with Crippen LogP contribution < -0.4 is 4.90 Å². The van der Waals surface area contributed by atoms with Gasteiger partial charge in [-0.15, -0.1) is 6.58 Å². The molecule has 0 aromatic carbocycles. The molecule has 7 N–H and O–H groups in total. The molecule has 0 aromatic heterocycles. The quantitative estimate of drug-likeness (QED) is 0.0711. The Morgan fingerprint density at radius 1 is 1.27 bits per heavy atom. The van der Waals surface area contributed by atoms with Crippen molar-refractivity contribution >= 4 is 11.9 Å². The normalized spacial score (nSPS) is 33.3. The van der Waals surface area contributed by atoms with Gasteiger partial charge in [-0.25, -0.2) is 9.59 Å². The van der Waals surface area contributed by atoms with E-state index >= 15 is 0 Å². The standard InChI is InChI=1S/C27H37NO13/c1-4-17-18(7-6-15-10-16(23(32)33)12-28(11-15)8-9-29)19(24(34)37-3)14-39-25(17)41-26-22(38-5-2)27(35,36)21(31)20(13-30)40-26/h4,6-7,10,12,14,17-18,20-22,25-26,29-31,35-36H,1,5,8-9,11,13H2,2-3H3,(H,32,33)/p+1/b7-6+/t17-,18+,20-,21-,22+,25+,26+/m1/s1. The van der Waals surface area contributed by atoms with Crippen LogP contribution in [-0.2, 0) is 33.3 Å². The summed E-state index contributed by atoms with van der Waals surface area (Å²) in [6.45, 7) is 5.18. The molecule has 3 aliphatic rings. The zero-order chi connectivity index (χ0) is 30.3. The van der Waals surface area contributed by atoms with Crippen LogP contribution in [0.3, 0.4) is 0 Å². The van der Waals surface area contributed by atoms with Crippen molar-refractivity contribution in [2.75, 3.05) is 40.0 Å². The highest BCUT2D eigenvalue weighted by molar-refractivity contribution is 5.90. The van der Waals surface area contributed by atoms with E-state index in [1.807, 2.05) is 0 Å². The number of carbonyl (C=O) groups is 2. The molecule has 3 rings (SSSR count). The van der Waals surface area contributed by atoms with Crippen molar-refractivity contribution in [3.05, 3.63) is 60.1 Å². The molecule has 0 amide bonds. The van der Waals surface area contributed by atoms with Crippen LogP contribution >= 0.6 is 0 Å². The van der Waals surface area contributed by atoms with E-state index in [1.54, 1.807) is 19.1 Å². The molecule has 1 saturated heterocycles. The second-order valence-electron chi connectivity index (χ2n) is 9.67. The molecule has 1 fully saturated rings. The molecule has 0 aromatic rings. The lowest BCUT2D eigenvalue weighted by molar-refractivity contribution is -0.842. The molecule has 0 bridgehead atoms. The van der Waals surface area contributed by atoms with Gasteiger partial charge in [0.2, 0.25) is 12.1 Å². The van der Waals surface area contributed by atoms with Crippen molar-refractivity contribution in [1.82, 2.24) is 0 Å². The molecule has 0 aliphatic carbocycles. The Morgan fingerprint density at radius 2 is 2.00 bits per heavy atom. The summed E-state index contributed by atoms with van der Waals surface area (Å²) in [5, 5.41) is 59.9. The number of nitrogens with one attached hydrogen (secondary N) is 1. The fraction of sp³-hybridized carbons (Fsp3) is 0.556. The van der Waals surface area contributed by atoms with E-state index in [0.29, 0.717) is 18.7 Å². The van der Waals surface area contributed by atoms with Gasteiger partial charge in [0.25, 0.3) is 0 Å². The summed E-state index contributed by atoms with van der Waals surface area (Å²) in [5.41, 5.74) is 0.762. The van der Waals surface area contributed by atoms with Gasteiger partial charge in [-0.3, -0.25) is 0 Å². The fourth-order valence-electron chi connectivity index (χ4n) is 4.91. The second kappa shape index (κ2) is 14.3. The molecule has 0 spiro atoms. The monoisotopic (exact) mass is 584 g/mol. The van der Waals surface area contributed by atoms with Crippen molar-refractivity contribution in [2.24, 2.45) is 11.8 Å². The van der Waals surface area contributed by atoms with Gasteiger partial charge >= 0.3 is 11.9 Å². The number of hydrogen-bond donors (Lipinski definition) is 7. The van der Waals surface area contributed by atoms with Crippen molar-refractivity contribution < 1.29 is 68.8 Å². The number of carboxylic acid groups (broad SMARTS) is 1. The molecular weight excluding hydrogens is 546 g/mol. The highest BCUT2D eigenvalue weighted by Gasteiger charge is 2.57. The SMILES string of the molecule is C=C[C@H]1[C@H](O[C@@H]2O[C@H](CO)[C@@H](O)C(O)(O)[C@H]2OCC)OC=C(C(=O)OC)[C@H]1/C=C/C1=CC(C(=O)O)=C[NH+](CCO)C1. The molecule has 14 nitrogen and oxygen atoms in total. The lowest BCUT2D eigenvalue weighted by atomic mass is 9.83. The van der Waals surface area contributed by atoms with Gasteiger partial charge in [0.1, 0.15) is 37.1 Å².